The SMILES string of the molecule is CC(=O)NC[C@H](c1ccc(N(C)C)cc1)[NH+]1CC[NH+](C)CC1. The zero-order valence-corrected chi connectivity index (χ0v) is 14.3. The quantitative estimate of drug-likeness (QED) is 0.610. The second-order valence-corrected chi connectivity index (χ2v) is 6.59. The third-order valence-electron chi connectivity index (χ3n) is 4.61. The standard InChI is InChI=1S/C17H28N4O/c1-14(22)18-13-17(21-11-9-20(4)10-12-21)15-5-7-16(8-6-15)19(2)3/h5-8,17H,9-13H2,1-4H3,(H,18,22)/p+2/t17-/m1/s1. The number of carbonyl (C=O) groups is 1. The smallest absolute Gasteiger partial charge is 0.217 e. The van der Waals surface area contributed by atoms with Crippen LogP contribution in [0.1, 0.15) is 18.5 Å². The molecule has 1 aromatic rings. The molecule has 1 aliphatic rings. The minimum Gasteiger partial charge on any atom is -0.378 e. The number of likely N-dealkylation sites (N-methyl/N-ethyl adjacent to an activating group) is 1. The van der Waals surface area contributed by atoms with E-state index < -0.39 is 0 Å². The lowest BCUT2D eigenvalue weighted by Crippen LogP contribution is -3.27. The van der Waals surface area contributed by atoms with Crippen LogP contribution in [0, 0.1) is 0 Å². The fraction of sp³-hybridized carbons (Fsp3) is 0.588. The molecular formula is C17H30N4O+2. The first-order valence-electron chi connectivity index (χ1n) is 8.15. The van der Waals surface area contributed by atoms with Crippen molar-refractivity contribution in [2.45, 2.75) is 13.0 Å². The third kappa shape index (κ3) is 4.45. The lowest BCUT2D eigenvalue weighted by atomic mass is 10.0. The van der Waals surface area contributed by atoms with Gasteiger partial charge < -0.3 is 20.0 Å². The van der Waals surface area contributed by atoms with E-state index in [9.17, 15) is 4.79 Å². The second kappa shape index (κ2) is 7.61. The van der Waals surface area contributed by atoms with Gasteiger partial charge in [0.05, 0.1) is 13.6 Å². The van der Waals surface area contributed by atoms with Crippen molar-refractivity contribution in [2.24, 2.45) is 0 Å². The number of carbonyl (C=O) groups excluding carboxylic acids is 1. The first-order valence-corrected chi connectivity index (χ1v) is 8.15. The minimum absolute atomic E-state index is 0.0501. The van der Waals surface area contributed by atoms with E-state index in [2.05, 4.69) is 55.6 Å². The molecule has 5 heteroatoms. The highest BCUT2D eigenvalue weighted by Gasteiger charge is 2.29. The van der Waals surface area contributed by atoms with Crippen LogP contribution in [-0.4, -0.2) is 59.8 Å². The summed E-state index contributed by atoms with van der Waals surface area (Å²) in [5, 5.41) is 3.01. The van der Waals surface area contributed by atoms with E-state index >= 15 is 0 Å². The van der Waals surface area contributed by atoms with Gasteiger partial charge in [0.15, 0.2) is 0 Å². The number of hydrogen-bond acceptors (Lipinski definition) is 2. The van der Waals surface area contributed by atoms with Gasteiger partial charge in [0.1, 0.15) is 32.2 Å². The Morgan fingerprint density at radius 3 is 2.27 bits per heavy atom. The highest BCUT2D eigenvalue weighted by atomic mass is 16.1. The van der Waals surface area contributed by atoms with E-state index in [-0.39, 0.29) is 5.91 Å². The Kier molecular flexibility index (Phi) is 5.80. The molecule has 0 aliphatic carbocycles. The summed E-state index contributed by atoms with van der Waals surface area (Å²) < 4.78 is 0. The lowest BCUT2D eigenvalue weighted by molar-refractivity contribution is -1.02. The lowest BCUT2D eigenvalue weighted by Gasteiger charge is -2.33. The number of piperazine rings is 1. The number of amides is 1. The zero-order valence-electron chi connectivity index (χ0n) is 14.3. The normalized spacial score (nSPS) is 22.9. The molecule has 2 rings (SSSR count). The molecule has 1 atom stereocenters. The first kappa shape index (κ1) is 16.8. The van der Waals surface area contributed by atoms with Crippen molar-refractivity contribution in [1.29, 1.82) is 0 Å². The summed E-state index contributed by atoms with van der Waals surface area (Å²) in [4.78, 5) is 16.6. The molecule has 122 valence electrons. The van der Waals surface area contributed by atoms with Gasteiger partial charge in [-0.15, -0.1) is 0 Å². The number of benzene rings is 1. The van der Waals surface area contributed by atoms with Crippen LogP contribution in [-0.2, 0) is 4.79 Å². The molecule has 0 unspecified atom stereocenters. The molecule has 3 N–H and O–H groups in total. The monoisotopic (exact) mass is 306 g/mol. The van der Waals surface area contributed by atoms with Crippen molar-refractivity contribution >= 4 is 11.6 Å². The van der Waals surface area contributed by atoms with Gasteiger partial charge >= 0.3 is 0 Å². The molecule has 0 radical (unpaired) electrons. The Balaban J connectivity index is 2.13. The van der Waals surface area contributed by atoms with E-state index in [1.54, 1.807) is 16.7 Å². The van der Waals surface area contributed by atoms with Crippen molar-refractivity contribution < 1.29 is 14.6 Å². The average Bonchev–Trinajstić information content (AvgIpc) is 2.49. The van der Waals surface area contributed by atoms with Crippen LogP contribution >= 0.6 is 0 Å². The molecule has 1 heterocycles. The number of nitrogens with zero attached hydrogens (tertiary/aromatic N) is 1. The molecule has 0 saturated carbocycles. The van der Waals surface area contributed by atoms with Crippen LogP contribution in [0.3, 0.4) is 0 Å². The highest BCUT2D eigenvalue weighted by molar-refractivity contribution is 5.72. The van der Waals surface area contributed by atoms with Gasteiger partial charge in [-0.2, -0.15) is 0 Å². The Hall–Kier alpha value is -1.59. The molecule has 0 bridgehead atoms. The number of quaternary nitrogens is 2. The van der Waals surface area contributed by atoms with Crippen LogP contribution in [0.4, 0.5) is 5.69 Å². The van der Waals surface area contributed by atoms with E-state index in [4.69, 9.17) is 0 Å². The Morgan fingerprint density at radius 2 is 1.77 bits per heavy atom. The van der Waals surface area contributed by atoms with Gasteiger partial charge in [0.25, 0.3) is 0 Å². The predicted octanol–water partition coefficient (Wildman–Crippen LogP) is -1.66. The summed E-state index contributed by atoms with van der Waals surface area (Å²) in [6.07, 6.45) is 0. The molecular weight excluding hydrogens is 276 g/mol. The van der Waals surface area contributed by atoms with Gasteiger partial charge in [-0.25, -0.2) is 0 Å². The summed E-state index contributed by atoms with van der Waals surface area (Å²) in [6.45, 7) is 7.01. The number of nitrogens with one attached hydrogen (secondary N) is 3. The first-order chi connectivity index (χ1) is 10.5. The highest BCUT2D eigenvalue weighted by Crippen LogP contribution is 2.16. The summed E-state index contributed by atoms with van der Waals surface area (Å²) in [6, 6.07) is 9.08. The van der Waals surface area contributed by atoms with Crippen LogP contribution in [0.15, 0.2) is 24.3 Å². The molecule has 22 heavy (non-hydrogen) atoms. The molecule has 1 amide bonds. The van der Waals surface area contributed by atoms with Crippen LogP contribution in [0.25, 0.3) is 0 Å². The van der Waals surface area contributed by atoms with Crippen molar-refractivity contribution in [3.05, 3.63) is 29.8 Å². The topological polar surface area (TPSA) is 41.2 Å². The maximum atomic E-state index is 11.3. The number of anilines is 1. The number of rotatable bonds is 5. The molecule has 1 aliphatic heterocycles. The molecule has 1 fully saturated rings. The van der Waals surface area contributed by atoms with Crippen LogP contribution < -0.4 is 20.0 Å². The Labute approximate surface area is 133 Å². The van der Waals surface area contributed by atoms with E-state index in [0.717, 1.165) is 13.1 Å². The third-order valence-corrected chi connectivity index (χ3v) is 4.61. The van der Waals surface area contributed by atoms with E-state index in [1.165, 1.54) is 24.3 Å². The molecule has 0 aromatic heterocycles. The fourth-order valence-corrected chi connectivity index (χ4v) is 3.09. The maximum absolute atomic E-state index is 11.3. The molecule has 1 aromatic carbocycles. The summed E-state index contributed by atoms with van der Waals surface area (Å²) in [5.41, 5.74) is 2.52. The van der Waals surface area contributed by atoms with Gasteiger partial charge in [0, 0.05) is 32.3 Å². The zero-order chi connectivity index (χ0) is 16.1. The van der Waals surface area contributed by atoms with Gasteiger partial charge in [-0.05, 0) is 12.1 Å². The Morgan fingerprint density at radius 1 is 1.18 bits per heavy atom. The van der Waals surface area contributed by atoms with E-state index in [0.29, 0.717) is 12.6 Å². The number of hydrogen-bond donors (Lipinski definition) is 3. The average molecular weight is 306 g/mol. The van der Waals surface area contributed by atoms with Crippen molar-refractivity contribution in [2.75, 3.05) is 58.8 Å². The van der Waals surface area contributed by atoms with E-state index in [1.807, 2.05) is 0 Å². The van der Waals surface area contributed by atoms with Crippen molar-refractivity contribution in [3.8, 4) is 0 Å². The minimum atomic E-state index is 0.0501. The summed E-state index contributed by atoms with van der Waals surface area (Å²) >= 11 is 0. The van der Waals surface area contributed by atoms with Gasteiger partial charge in [-0.1, -0.05) is 12.1 Å². The van der Waals surface area contributed by atoms with Crippen LogP contribution in [0.5, 0.6) is 0 Å². The largest absolute Gasteiger partial charge is 0.378 e. The predicted molar refractivity (Wildman–Crippen MR) is 89.5 cm³/mol. The van der Waals surface area contributed by atoms with Gasteiger partial charge in [-0.3, -0.25) is 4.79 Å². The summed E-state index contributed by atoms with van der Waals surface area (Å²) in [7, 11) is 6.36. The molecule has 1 saturated heterocycles. The fourth-order valence-electron chi connectivity index (χ4n) is 3.09. The molecule has 5 nitrogen and oxygen atoms in total. The summed E-state index contributed by atoms with van der Waals surface area (Å²) in [5.74, 6) is 0.0501. The van der Waals surface area contributed by atoms with Crippen molar-refractivity contribution in [1.82, 2.24) is 5.32 Å². The Bertz CT molecular complexity index is 478. The van der Waals surface area contributed by atoms with Crippen molar-refractivity contribution in [3.63, 3.8) is 0 Å². The van der Waals surface area contributed by atoms with Crippen LogP contribution in [0.2, 0.25) is 0 Å². The van der Waals surface area contributed by atoms with Gasteiger partial charge in [0.2, 0.25) is 5.91 Å². The molecule has 0 spiro atoms. The second-order valence-electron chi connectivity index (χ2n) is 6.59. The maximum Gasteiger partial charge on any atom is 0.217 e.